The van der Waals surface area contributed by atoms with Crippen LogP contribution in [0.15, 0.2) is 48.5 Å². The maximum Gasteiger partial charge on any atom is 0.416 e. The van der Waals surface area contributed by atoms with Crippen molar-refractivity contribution in [3.63, 3.8) is 0 Å². The van der Waals surface area contributed by atoms with E-state index < -0.39 is 23.0 Å². The van der Waals surface area contributed by atoms with Gasteiger partial charge >= 0.3 is 11.8 Å². The molecule has 140 valence electrons. The zero-order valence-electron chi connectivity index (χ0n) is 14.7. The summed E-state index contributed by atoms with van der Waals surface area (Å²) in [7, 11) is 1.33. The highest BCUT2D eigenvalue weighted by Gasteiger charge is 2.37. The maximum atomic E-state index is 12.7. The first-order valence-electron chi connectivity index (χ1n) is 8.33. The van der Waals surface area contributed by atoms with Gasteiger partial charge in [-0.15, -0.1) is 0 Å². The molecule has 27 heavy (non-hydrogen) atoms. The van der Waals surface area contributed by atoms with E-state index in [1.54, 1.807) is 6.07 Å². The van der Waals surface area contributed by atoms with E-state index >= 15 is 0 Å². The Morgan fingerprint density at radius 3 is 2.67 bits per heavy atom. The SMILES string of the molecule is COc1ccc(CC(=O)N2C(=O)OCC2Cc2ccccc2)cc1[N+](=O)[O-]. The Balaban J connectivity index is 1.76. The predicted octanol–water partition coefficient (Wildman–Crippen LogP) is 2.74. The number of cyclic esters (lactones) is 1. The van der Waals surface area contributed by atoms with Gasteiger partial charge in [-0.2, -0.15) is 0 Å². The molecule has 0 aromatic heterocycles. The van der Waals surface area contributed by atoms with E-state index in [9.17, 15) is 19.7 Å². The predicted molar refractivity (Wildman–Crippen MR) is 95.5 cm³/mol. The van der Waals surface area contributed by atoms with Crippen LogP contribution in [0.3, 0.4) is 0 Å². The Hall–Kier alpha value is -3.42. The quantitative estimate of drug-likeness (QED) is 0.573. The largest absolute Gasteiger partial charge is 0.490 e. The van der Waals surface area contributed by atoms with E-state index in [2.05, 4.69) is 0 Å². The molecule has 1 atom stereocenters. The number of hydrogen-bond donors (Lipinski definition) is 0. The van der Waals surface area contributed by atoms with Gasteiger partial charge in [0.05, 0.1) is 24.5 Å². The van der Waals surface area contributed by atoms with Crippen molar-refractivity contribution >= 4 is 17.7 Å². The lowest BCUT2D eigenvalue weighted by Gasteiger charge is -2.19. The number of hydrogen-bond acceptors (Lipinski definition) is 6. The van der Waals surface area contributed by atoms with Crippen LogP contribution < -0.4 is 4.74 Å². The van der Waals surface area contributed by atoms with Gasteiger partial charge in [-0.1, -0.05) is 36.4 Å². The summed E-state index contributed by atoms with van der Waals surface area (Å²) in [4.78, 5) is 36.4. The first kappa shape index (κ1) is 18.4. The van der Waals surface area contributed by atoms with Crippen LogP contribution in [0.25, 0.3) is 0 Å². The highest BCUT2D eigenvalue weighted by Crippen LogP contribution is 2.28. The second kappa shape index (κ2) is 7.86. The maximum absolute atomic E-state index is 12.7. The van der Waals surface area contributed by atoms with E-state index in [0.717, 1.165) is 10.5 Å². The fourth-order valence-corrected chi connectivity index (χ4v) is 3.05. The van der Waals surface area contributed by atoms with Gasteiger partial charge in [-0.25, -0.2) is 9.69 Å². The molecule has 3 rings (SSSR count). The Morgan fingerprint density at radius 2 is 2.00 bits per heavy atom. The van der Waals surface area contributed by atoms with Crippen molar-refractivity contribution in [1.29, 1.82) is 0 Å². The lowest BCUT2D eigenvalue weighted by atomic mass is 10.0. The number of imide groups is 1. The van der Waals surface area contributed by atoms with Crippen LogP contribution in [0.5, 0.6) is 5.75 Å². The van der Waals surface area contributed by atoms with Gasteiger partial charge in [0.15, 0.2) is 5.75 Å². The first-order valence-corrected chi connectivity index (χ1v) is 8.33. The van der Waals surface area contributed by atoms with Crippen molar-refractivity contribution in [1.82, 2.24) is 4.90 Å². The van der Waals surface area contributed by atoms with Crippen LogP contribution in [-0.2, 0) is 22.4 Å². The highest BCUT2D eigenvalue weighted by atomic mass is 16.6. The second-order valence-electron chi connectivity index (χ2n) is 6.12. The van der Waals surface area contributed by atoms with Gasteiger partial charge in [0.1, 0.15) is 6.61 Å². The number of carbonyl (C=O) groups excluding carboxylic acids is 2. The van der Waals surface area contributed by atoms with Crippen molar-refractivity contribution in [2.45, 2.75) is 18.9 Å². The smallest absolute Gasteiger partial charge is 0.416 e. The molecule has 0 spiro atoms. The minimum atomic E-state index is -0.691. The zero-order valence-corrected chi connectivity index (χ0v) is 14.7. The van der Waals surface area contributed by atoms with Gasteiger partial charge in [0.25, 0.3) is 0 Å². The molecule has 1 heterocycles. The third-order valence-corrected chi connectivity index (χ3v) is 4.34. The number of rotatable bonds is 6. The van der Waals surface area contributed by atoms with Crippen LogP contribution in [0.2, 0.25) is 0 Å². The molecule has 8 nitrogen and oxygen atoms in total. The third kappa shape index (κ3) is 4.05. The molecular formula is C19H18N2O6. The monoisotopic (exact) mass is 370 g/mol. The molecule has 1 aliphatic heterocycles. The Kier molecular flexibility index (Phi) is 5.35. The molecule has 2 aromatic rings. The summed E-state index contributed by atoms with van der Waals surface area (Å²) >= 11 is 0. The number of nitro benzene ring substituents is 1. The summed E-state index contributed by atoms with van der Waals surface area (Å²) in [6.45, 7) is 0.127. The second-order valence-corrected chi connectivity index (χ2v) is 6.12. The molecule has 0 radical (unpaired) electrons. The zero-order chi connectivity index (χ0) is 19.4. The molecular weight excluding hydrogens is 352 g/mol. The number of carbonyl (C=O) groups is 2. The van der Waals surface area contributed by atoms with Gasteiger partial charge in [0.2, 0.25) is 5.91 Å². The van der Waals surface area contributed by atoms with Gasteiger partial charge in [0, 0.05) is 6.07 Å². The fraction of sp³-hybridized carbons (Fsp3) is 0.263. The Morgan fingerprint density at radius 1 is 1.26 bits per heavy atom. The van der Waals surface area contributed by atoms with Gasteiger partial charge in [-0.3, -0.25) is 14.9 Å². The van der Waals surface area contributed by atoms with E-state index in [-0.39, 0.29) is 24.5 Å². The molecule has 0 N–H and O–H groups in total. The lowest BCUT2D eigenvalue weighted by Crippen LogP contribution is -2.41. The van der Waals surface area contributed by atoms with E-state index in [4.69, 9.17) is 9.47 Å². The molecule has 8 heteroatoms. The Labute approximate surface area is 155 Å². The van der Waals surface area contributed by atoms with Crippen molar-refractivity contribution in [3.8, 4) is 5.75 Å². The highest BCUT2D eigenvalue weighted by molar-refractivity contribution is 5.94. The molecule has 1 aliphatic rings. The normalized spacial score (nSPS) is 16.1. The summed E-state index contributed by atoms with van der Waals surface area (Å²) in [6.07, 6.45) is -0.351. The molecule has 0 bridgehead atoms. The number of amides is 2. The van der Waals surface area contributed by atoms with Gasteiger partial charge in [-0.05, 0) is 23.6 Å². The third-order valence-electron chi connectivity index (χ3n) is 4.34. The van der Waals surface area contributed by atoms with Crippen LogP contribution in [-0.4, -0.2) is 41.6 Å². The average molecular weight is 370 g/mol. The summed E-state index contributed by atoms with van der Waals surface area (Å²) < 4.78 is 10.0. The molecule has 0 aliphatic carbocycles. The van der Waals surface area contributed by atoms with Crippen LogP contribution in [0.1, 0.15) is 11.1 Å². The van der Waals surface area contributed by atoms with Crippen LogP contribution in [0, 0.1) is 10.1 Å². The first-order chi connectivity index (χ1) is 13.0. The molecule has 1 unspecified atom stereocenters. The van der Waals surface area contributed by atoms with Crippen LogP contribution in [0.4, 0.5) is 10.5 Å². The number of methoxy groups -OCH3 is 1. The molecule has 1 fully saturated rings. The molecule has 2 amide bonds. The number of nitrogens with zero attached hydrogens (tertiary/aromatic N) is 2. The van der Waals surface area contributed by atoms with Crippen molar-refractivity contribution < 1.29 is 24.0 Å². The average Bonchev–Trinajstić information content (AvgIpc) is 3.02. The summed E-state index contributed by atoms with van der Waals surface area (Å²) in [5.41, 5.74) is 1.18. The van der Waals surface area contributed by atoms with E-state index in [1.165, 1.54) is 19.2 Å². The molecule has 2 aromatic carbocycles. The van der Waals surface area contributed by atoms with E-state index in [0.29, 0.717) is 12.0 Å². The summed E-state index contributed by atoms with van der Waals surface area (Å²) in [5, 5.41) is 11.1. The standard InChI is InChI=1S/C19H18N2O6/c1-26-17-8-7-14(10-16(17)21(24)25)11-18(22)20-15(12-27-19(20)23)9-13-5-3-2-4-6-13/h2-8,10,15H,9,11-12H2,1H3. The topological polar surface area (TPSA) is 99.0 Å². The Bertz CT molecular complexity index is 868. The van der Waals surface area contributed by atoms with Gasteiger partial charge < -0.3 is 9.47 Å². The minimum absolute atomic E-state index is 0.110. The summed E-state index contributed by atoms with van der Waals surface area (Å²) in [6, 6.07) is 13.4. The fourth-order valence-electron chi connectivity index (χ4n) is 3.05. The lowest BCUT2D eigenvalue weighted by molar-refractivity contribution is -0.385. The number of ether oxygens (including phenoxy) is 2. The van der Waals surface area contributed by atoms with E-state index in [1.807, 2.05) is 30.3 Å². The van der Waals surface area contributed by atoms with Crippen molar-refractivity contribution in [2.24, 2.45) is 0 Å². The number of benzene rings is 2. The number of nitro groups is 1. The molecule has 1 saturated heterocycles. The van der Waals surface area contributed by atoms with Crippen molar-refractivity contribution in [2.75, 3.05) is 13.7 Å². The molecule has 0 saturated carbocycles. The minimum Gasteiger partial charge on any atom is -0.490 e. The van der Waals surface area contributed by atoms with Crippen LogP contribution >= 0.6 is 0 Å². The van der Waals surface area contributed by atoms with Crippen molar-refractivity contribution in [3.05, 3.63) is 69.8 Å². The summed E-state index contributed by atoms with van der Waals surface area (Å²) in [5.74, 6) is -0.350.